The summed E-state index contributed by atoms with van der Waals surface area (Å²) in [6.45, 7) is 3.89. The lowest BCUT2D eigenvalue weighted by atomic mass is 10.2. The Morgan fingerprint density at radius 2 is 1.80 bits per heavy atom. The summed E-state index contributed by atoms with van der Waals surface area (Å²) >= 11 is 0. The number of aliphatic hydroxyl groups is 1. The van der Waals surface area contributed by atoms with Crippen LogP contribution in [0.1, 0.15) is 19.4 Å². The molecule has 0 aliphatic heterocycles. The number of nitrogens with two attached hydrogens (primary N) is 1. The van der Waals surface area contributed by atoms with Crippen LogP contribution in [-0.4, -0.2) is 11.2 Å². The van der Waals surface area contributed by atoms with Crippen molar-refractivity contribution in [2.24, 2.45) is 0 Å². The van der Waals surface area contributed by atoms with Crippen molar-refractivity contribution in [1.29, 1.82) is 0 Å². The van der Waals surface area contributed by atoms with E-state index >= 15 is 0 Å². The van der Waals surface area contributed by atoms with Crippen molar-refractivity contribution in [2.75, 3.05) is 5.73 Å². The average Bonchev–Trinajstić information content (AvgIpc) is 2.37. The number of aliphatic hydroxyl groups excluding tert-OH is 1. The first-order valence-electron chi connectivity index (χ1n) is 6.51. The van der Waals surface area contributed by atoms with E-state index in [1.807, 2.05) is 32.0 Å². The molecule has 0 atom stereocenters. The fourth-order valence-corrected chi connectivity index (χ4v) is 1.84. The quantitative estimate of drug-likeness (QED) is 0.820. The zero-order valence-corrected chi connectivity index (χ0v) is 11.7. The number of anilines is 1. The van der Waals surface area contributed by atoms with E-state index in [2.05, 4.69) is 0 Å². The Bertz CT molecular complexity index is 582. The summed E-state index contributed by atoms with van der Waals surface area (Å²) in [6.07, 6.45) is 0.0716. The monoisotopic (exact) mass is 273 g/mol. The molecule has 20 heavy (non-hydrogen) atoms. The standard InChI is InChI=1S/C16H19NO3/c1-11(2)19-15-7-13(17)8-16(9-15)20-14-5-3-4-12(6-14)10-18/h3-9,11,18H,10,17H2,1-2H3. The lowest BCUT2D eigenvalue weighted by Gasteiger charge is -2.13. The maximum Gasteiger partial charge on any atom is 0.133 e. The summed E-state index contributed by atoms with van der Waals surface area (Å²) < 4.78 is 11.4. The highest BCUT2D eigenvalue weighted by Gasteiger charge is 2.05. The van der Waals surface area contributed by atoms with Crippen LogP contribution in [0.25, 0.3) is 0 Å². The van der Waals surface area contributed by atoms with Crippen LogP contribution in [0.15, 0.2) is 42.5 Å². The molecule has 3 N–H and O–H groups in total. The molecule has 0 aliphatic rings. The van der Waals surface area contributed by atoms with Crippen LogP contribution in [0.5, 0.6) is 17.2 Å². The molecule has 0 fully saturated rings. The van der Waals surface area contributed by atoms with Crippen LogP contribution >= 0.6 is 0 Å². The number of benzene rings is 2. The van der Waals surface area contributed by atoms with Gasteiger partial charge in [0.25, 0.3) is 0 Å². The molecule has 0 aromatic heterocycles. The van der Waals surface area contributed by atoms with Crippen molar-refractivity contribution < 1.29 is 14.6 Å². The third-order valence-electron chi connectivity index (χ3n) is 2.59. The van der Waals surface area contributed by atoms with Crippen LogP contribution < -0.4 is 15.2 Å². The van der Waals surface area contributed by atoms with Gasteiger partial charge in [0.1, 0.15) is 17.2 Å². The Kier molecular flexibility index (Phi) is 4.48. The lowest BCUT2D eigenvalue weighted by molar-refractivity contribution is 0.242. The smallest absolute Gasteiger partial charge is 0.133 e. The third-order valence-corrected chi connectivity index (χ3v) is 2.59. The van der Waals surface area contributed by atoms with E-state index in [9.17, 15) is 0 Å². The molecule has 0 aliphatic carbocycles. The van der Waals surface area contributed by atoms with Gasteiger partial charge in [-0.2, -0.15) is 0 Å². The van der Waals surface area contributed by atoms with Gasteiger partial charge in [0.2, 0.25) is 0 Å². The van der Waals surface area contributed by atoms with E-state index in [4.69, 9.17) is 20.3 Å². The van der Waals surface area contributed by atoms with E-state index in [0.717, 1.165) is 5.56 Å². The summed E-state index contributed by atoms with van der Waals surface area (Å²) in [4.78, 5) is 0. The summed E-state index contributed by atoms with van der Waals surface area (Å²) in [5, 5.41) is 9.12. The lowest BCUT2D eigenvalue weighted by Crippen LogP contribution is -2.05. The highest BCUT2D eigenvalue weighted by atomic mass is 16.5. The largest absolute Gasteiger partial charge is 0.491 e. The van der Waals surface area contributed by atoms with E-state index in [0.29, 0.717) is 22.9 Å². The zero-order valence-electron chi connectivity index (χ0n) is 11.7. The highest BCUT2D eigenvalue weighted by Crippen LogP contribution is 2.29. The van der Waals surface area contributed by atoms with Crippen LogP contribution in [0.3, 0.4) is 0 Å². The molecule has 2 rings (SSSR count). The van der Waals surface area contributed by atoms with Crippen molar-refractivity contribution in [1.82, 2.24) is 0 Å². The predicted octanol–water partition coefficient (Wildman–Crippen LogP) is 3.34. The Labute approximate surface area is 118 Å². The SMILES string of the molecule is CC(C)Oc1cc(N)cc(Oc2cccc(CO)c2)c1. The molecule has 0 saturated heterocycles. The zero-order chi connectivity index (χ0) is 14.5. The van der Waals surface area contributed by atoms with E-state index in [-0.39, 0.29) is 12.7 Å². The minimum Gasteiger partial charge on any atom is -0.491 e. The Morgan fingerprint density at radius 3 is 2.50 bits per heavy atom. The second kappa shape index (κ2) is 6.30. The molecule has 0 spiro atoms. The number of ether oxygens (including phenoxy) is 2. The normalized spacial score (nSPS) is 10.6. The Hall–Kier alpha value is -2.20. The molecule has 2 aromatic carbocycles. The van der Waals surface area contributed by atoms with Gasteiger partial charge in [0.05, 0.1) is 12.7 Å². The van der Waals surface area contributed by atoms with Gasteiger partial charge in [-0.3, -0.25) is 0 Å². The molecule has 0 bridgehead atoms. The van der Waals surface area contributed by atoms with Crippen LogP contribution in [0.4, 0.5) is 5.69 Å². The van der Waals surface area contributed by atoms with Gasteiger partial charge in [0.15, 0.2) is 0 Å². The highest BCUT2D eigenvalue weighted by molar-refractivity contribution is 5.51. The summed E-state index contributed by atoms with van der Waals surface area (Å²) in [5.74, 6) is 1.93. The fraction of sp³-hybridized carbons (Fsp3) is 0.250. The maximum absolute atomic E-state index is 9.12. The van der Waals surface area contributed by atoms with Crippen LogP contribution in [0.2, 0.25) is 0 Å². The average molecular weight is 273 g/mol. The molecule has 4 heteroatoms. The molecule has 0 radical (unpaired) electrons. The second-order valence-electron chi connectivity index (χ2n) is 4.81. The van der Waals surface area contributed by atoms with Crippen LogP contribution in [-0.2, 0) is 6.61 Å². The van der Waals surface area contributed by atoms with Gasteiger partial charge in [-0.1, -0.05) is 12.1 Å². The first-order chi connectivity index (χ1) is 9.56. The molecule has 0 amide bonds. The molecule has 106 valence electrons. The van der Waals surface area contributed by atoms with Crippen molar-refractivity contribution in [3.05, 3.63) is 48.0 Å². The van der Waals surface area contributed by atoms with Gasteiger partial charge in [-0.25, -0.2) is 0 Å². The van der Waals surface area contributed by atoms with E-state index < -0.39 is 0 Å². The molecule has 0 saturated carbocycles. The van der Waals surface area contributed by atoms with Crippen molar-refractivity contribution >= 4 is 5.69 Å². The first-order valence-corrected chi connectivity index (χ1v) is 6.51. The Balaban J connectivity index is 2.21. The van der Waals surface area contributed by atoms with Gasteiger partial charge in [-0.05, 0) is 31.5 Å². The van der Waals surface area contributed by atoms with Crippen LogP contribution in [0, 0.1) is 0 Å². The van der Waals surface area contributed by atoms with Gasteiger partial charge in [-0.15, -0.1) is 0 Å². The minimum atomic E-state index is -0.0180. The Morgan fingerprint density at radius 1 is 1.05 bits per heavy atom. The number of hydrogen-bond acceptors (Lipinski definition) is 4. The number of nitrogen functional groups attached to an aromatic ring is 1. The van der Waals surface area contributed by atoms with Gasteiger partial charge >= 0.3 is 0 Å². The van der Waals surface area contributed by atoms with E-state index in [1.54, 1.807) is 24.3 Å². The predicted molar refractivity (Wildman–Crippen MR) is 79.1 cm³/mol. The second-order valence-corrected chi connectivity index (χ2v) is 4.81. The van der Waals surface area contributed by atoms with Gasteiger partial charge in [0, 0.05) is 23.9 Å². The molecular weight excluding hydrogens is 254 g/mol. The van der Waals surface area contributed by atoms with Crippen molar-refractivity contribution in [2.45, 2.75) is 26.6 Å². The maximum atomic E-state index is 9.12. The molecular formula is C16H19NO3. The molecule has 0 unspecified atom stereocenters. The molecule has 4 nitrogen and oxygen atoms in total. The number of rotatable bonds is 5. The minimum absolute atomic E-state index is 0.0180. The summed E-state index contributed by atoms with van der Waals surface area (Å²) in [7, 11) is 0. The van der Waals surface area contributed by atoms with Crippen molar-refractivity contribution in [3.8, 4) is 17.2 Å². The summed E-state index contributed by atoms with van der Waals surface area (Å²) in [5.41, 5.74) is 7.22. The van der Waals surface area contributed by atoms with Crippen molar-refractivity contribution in [3.63, 3.8) is 0 Å². The van der Waals surface area contributed by atoms with E-state index in [1.165, 1.54) is 0 Å². The third kappa shape index (κ3) is 3.90. The number of hydrogen-bond donors (Lipinski definition) is 2. The van der Waals surface area contributed by atoms with Gasteiger partial charge < -0.3 is 20.3 Å². The summed E-state index contributed by atoms with van der Waals surface area (Å²) in [6, 6.07) is 12.6. The first kappa shape index (κ1) is 14.2. The topological polar surface area (TPSA) is 64.7 Å². The fourth-order valence-electron chi connectivity index (χ4n) is 1.84. The molecule has 0 heterocycles. The molecule has 2 aromatic rings.